The Morgan fingerprint density at radius 3 is 2.38 bits per heavy atom. The van der Waals surface area contributed by atoms with Gasteiger partial charge in [-0.3, -0.25) is 4.79 Å². The highest BCUT2D eigenvalue weighted by atomic mass is 16.3. The number of para-hydroxylation sites is 1. The lowest BCUT2D eigenvalue weighted by Gasteiger charge is -2.42. The maximum absolute atomic E-state index is 11.3. The summed E-state index contributed by atoms with van der Waals surface area (Å²) in [6.07, 6.45) is 6.04. The molecule has 2 saturated heterocycles. The predicted molar refractivity (Wildman–Crippen MR) is 150 cm³/mol. The van der Waals surface area contributed by atoms with Gasteiger partial charge in [-0.1, -0.05) is 30.3 Å². The second-order valence-electron chi connectivity index (χ2n) is 10.3. The van der Waals surface area contributed by atoms with Gasteiger partial charge in [-0.05, 0) is 54.7 Å². The number of nitrogens with zero attached hydrogens (tertiary/aromatic N) is 6. The Labute approximate surface area is 226 Å². The fourth-order valence-corrected chi connectivity index (χ4v) is 5.85. The fourth-order valence-electron chi connectivity index (χ4n) is 5.85. The number of hydrogen-bond acceptors (Lipinski definition) is 9. The van der Waals surface area contributed by atoms with E-state index >= 15 is 0 Å². The summed E-state index contributed by atoms with van der Waals surface area (Å²) < 4.78 is 0. The number of carbonyl (C=O) groups is 1. The lowest BCUT2D eigenvalue weighted by molar-refractivity contribution is -0.117. The number of aryl methyl sites for hydroxylation is 1. The number of amides is 1. The SMILES string of the molecule is Cc1cc(CC(N)=O)ccc1-c1cnc(N2C3CCC2CN(c2cc(-c4ccccc4O)nnc2N)C3)nc1. The zero-order valence-corrected chi connectivity index (χ0v) is 21.7. The lowest BCUT2D eigenvalue weighted by Crippen LogP contribution is -2.54. The van der Waals surface area contributed by atoms with Crippen LogP contribution in [0, 0.1) is 6.92 Å². The number of rotatable bonds is 6. The zero-order valence-electron chi connectivity index (χ0n) is 21.7. The Hall–Kier alpha value is -4.73. The first-order valence-corrected chi connectivity index (χ1v) is 13.0. The van der Waals surface area contributed by atoms with Crippen molar-refractivity contribution >= 4 is 23.4 Å². The predicted octanol–water partition coefficient (Wildman–Crippen LogP) is 3.08. The number of aromatic nitrogens is 4. The van der Waals surface area contributed by atoms with Crippen LogP contribution in [0.25, 0.3) is 22.4 Å². The van der Waals surface area contributed by atoms with Crippen LogP contribution in [-0.2, 0) is 11.2 Å². The van der Waals surface area contributed by atoms with Crippen molar-refractivity contribution in [1.82, 2.24) is 20.2 Å². The molecule has 2 aromatic carbocycles. The number of primary amides is 1. The van der Waals surface area contributed by atoms with Gasteiger partial charge in [0, 0.05) is 48.7 Å². The van der Waals surface area contributed by atoms with Crippen LogP contribution in [0.4, 0.5) is 17.5 Å². The molecule has 6 rings (SSSR count). The van der Waals surface area contributed by atoms with Crippen molar-refractivity contribution in [2.24, 2.45) is 5.73 Å². The van der Waals surface area contributed by atoms with Crippen LogP contribution in [-0.4, -0.2) is 56.4 Å². The number of fused-ring (bicyclic) bond motifs is 2. The second-order valence-corrected chi connectivity index (χ2v) is 10.3. The Kier molecular flexibility index (Phi) is 6.22. The summed E-state index contributed by atoms with van der Waals surface area (Å²) in [7, 11) is 0. The molecule has 10 nitrogen and oxygen atoms in total. The van der Waals surface area contributed by atoms with E-state index in [1.807, 2.05) is 55.7 Å². The van der Waals surface area contributed by atoms with E-state index in [-0.39, 0.29) is 30.2 Å². The van der Waals surface area contributed by atoms with Gasteiger partial charge in [0.05, 0.1) is 17.8 Å². The molecule has 1 amide bonds. The molecular formula is C29H30N8O2. The molecule has 2 unspecified atom stereocenters. The monoisotopic (exact) mass is 522 g/mol. The normalized spacial score (nSPS) is 18.4. The van der Waals surface area contributed by atoms with Crippen LogP contribution in [0.1, 0.15) is 24.0 Å². The van der Waals surface area contributed by atoms with Gasteiger partial charge in [0.25, 0.3) is 0 Å². The third-order valence-corrected chi connectivity index (χ3v) is 7.65. The van der Waals surface area contributed by atoms with E-state index in [0.29, 0.717) is 17.1 Å². The molecule has 0 spiro atoms. The van der Waals surface area contributed by atoms with E-state index in [9.17, 15) is 9.90 Å². The van der Waals surface area contributed by atoms with Crippen molar-refractivity contribution in [2.45, 2.75) is 38.3 Å². The van der Waals surface area contributed by atoms with Crippen molar-refractivity contribution in [1.29, 1.82) is 0 Å². The van der Waals surface area contributed by atoms with Crippen LogP contribution in [0.5, 0.6) is 5.75 Å². The van der Waals surface area contributed by atoms with Gasteiger partial charge >= 0.3 is 0 Å². The Morgan fingerprint density at radius 2 is 1.72 bits per heavy atom. The van der Waals surface area contributed by atoms with Crippen LogP contribution >= 0.6 is 0 Å². The van der Waals surface area contributed by atoms with Crippen LogP contribution in [0.15, 0.2) is 60.9 Å². The van der Waals surface area contributed by atoms with Crippen molar-refractivity contribution in [3.8, 4) is 28.1 Å². The number of phenols is 1. The van der Waals surface area contributed by atoms with Crippen molar-refractivity contribution in [3.63, 3.8) is 0 Å². The third-order valence-electron chi connectivity index (χ3n) is 7.65. The highest BCUT2D eigenvalue weighted by molar-refractivity contribution is 5.77. The largest absolute Gasteiger partial charge is 0.507 e. The maximum Gasteiger partial charge on any atom is 0.225 e. The number of benzene rings is 2. The van der Waals surface area contributed by atoms with E-state index in [1.54, 1.807) is 12.1 Å². The summed E-state index contributed by atoms with van der Waals surface area (Å²) >= 11 is 0. The maximum atomic E-state index is 11.3. The molecule has 0 aliphatic carbocycles. The molecule has 0 saturated carbocycles. The van der Waals surface area contributed by atoms with Gasteiger partial charge in [0.1, 0.15) is 5.75 Å². The van der Waals surface area contributed by atoms with Gasteiger partial charge in [-0.25, -0.2) is 9.97 Å². The molecule has 2 aliphatic rings. The van der Waals surface area contributed by atoms with Crippen LogP contribution in [0.2, 0.25) is 0 Å². The minimum absolute atomic E-state index is 0.157. The van der Waals surface area contributed by atoms with Crippen LogP contribution < -0.4 is 21.3 Å². The molecule has 2 aliphatic heterocycles. The number of phenolic OH excluding ortho intramolecular Hbond substituents is 1. The first-order valence-electron chi connectivity index (χ1n) is 13.0. The first-order chi connectivity index (χ1) is 18.9. The molecule has 5 N–H and O–H groups in total. The number of hydrogen-bond donors (Lipinski definition) is 3. The van der Waals surface area contributed by atoms with E-state index in [4.69, 9.17) is 21.4 Å². The summed E-state index contributed by atoms with van der Waals surface area (Å²) in [4.78, 5) is 25.4. The number of aromatic hydroxyl groups is 1. The van der Waals surface area contributed by atoms with E-state index in [1.165, 1.54) is 0 Å². The van der Waals surface area contributed by atoms with Gasteiger partial charge < -0.3 is 26.4 Å². The van der Waals surface area contributed by atoms with E-state index < -0.39 is 0 Å². The minimum Gasteiger partial charge on any atom is -0.507 e. The number of carbonyl (C=O) groups excluding carboxylic acids is 1. The smallest absolute Gasteiger partial charge is 0.225 e. The lowest BCUT2D eigenvalue weighted by atomic mass is 9.99. The molecule has 0 radical (unpaired) electrons. The summed E-state index contributed by atoms with van der Waals surface area (Å²) in [6.45, 7) is 3.54. The number of anilines is 3. The number of nitrogens with two attached hydrogens (primary N) is 2. The average molecular weight is 523 g/mol. The third kappa shape index (κ3) is 4.69. The standard InChI is InChI=1S/C29H30N8O2/c1-17-10-18(11-27(30)39)6-9-22(17)19-13-32-29(33-14-19)37-20-7-8-21(37)16-36(15-20)25-12-24(34-35-28(25)31)23-4-2-3-5-26(23)38/h2-6,9-10,12-14,20-21,38H,7-8,11,15-16H2,1H3,(H2,30,39)(H2,31,35). The molecular weight excluding hydrogens is 492 g/mol. The molecule has 10 heteroatoms. The molecule has 2 aromatic heterocycles. The van der Waals surface area contributed by atoms with Crippen molar-refractivity contribution in [2.75, 3.05) is 28.6 Å². The molecule has 4 aromatic rings. The van der Waals surface area contributed by atoms with Crippen molar-refractivity contribution < 1.29 is 9.90 Å². The quantitative estimate of drug-likeness (QED) is 0.347. The summed E-state index contributed by atoms with van der Waals surface area (Å²) in [5.74, 6) is 0.914. The van der Waals surface area contributed by atoms with Crippen LogP contribution in [0.3, 0.4) is 0 Å². The molecule has 2 atom stereocenters. The minimum atomic E-state index is -0.344. The molecule has 39 heavy (non-hydrogen) atoms. The Balaban J connectivity index is 1.21. The fraction of sp³-hybridized carbons (Fsp3) is 0.276. The summed E-state index contributed by atoms with van der Waals surface area (Å²) in [5, 5.41) is 18.7. The Bertz CT molecular complexity index is 1530. The van der Waals surface area contributed by atoms with Gasteiger partial charge in [0.15, 0.2) is 5.82 Å². The first kappa shape index (κ1) is 24.6. The number of nitrogen functional groups attached to an aromatic ring is 1. The zero-order chi connectivity index (χ0) is 27.1. The van der Waals surface area contributed by atoms with Gasteiger partial charge in [-0.2, -0.15) is 0 Å². The molecule has 4 heterocycles. The van der Waals surface area contributed by atoms with Gasteiger partial charge in [0.2, 0.25) is 11.9 Å². The highest BCUT2D eigenvalue weighted by Crippen LogP contribution is 2.38. The average Bonchev–Trinajstić information content (AvgIpc) is 3.18. The summed E-state index contributed by atoms with van der Waals surface area (Å²) in [6, 6.07) is 15.4. The second kappa shape index (κ2) is 9.86. The van der Waals surface area contributed by atoms with Crippen molar-refractivity contribution in [3.05, 3.63) is 72.1 Å². The van der Waals surface area contributed by atoms with Gasteiger partial charge in [-0.15, -0.1) is 10.2 Å². The van der Waals surface area contributed by atoms with E-state index in [0.717, 1.165) is 59.8 Å². The molecule has 198 valence electrons. The van der Waals surface area contributed by atoms with E-state index in [2.05, 4.69) is 20.0 Å². The molecule has 2 fully saturated rings. The highest BCUT2D eigenvalue weighted by Gasteiger charge is 2.42. The summed E-state index contributed by atoms with van der Waals surface area (Å²) in [5.41, 5.74) is 17.5. The molecule has 2 bridgehead atoms. The number of piperazine rings is 1. The topological polar surface area (TPSA) is 147 Å². The Morgan fingerprint density at radius 1 is 1.00 bits per heavy atom.